The molecule has 92 valence electrons. The van der Waals surface area contributed by atoms with Crippen molar-refractivity contribution in [2.45, 2.75) is 18.9 Å². The molecule has 0 radical (unpaired) electrons. The van der Waals surface area contributed by atoms with Crippen molar-refractivity contribution < 1.29 is 5.11 Å². The number of hydrogen-bond donors (Lipinski definition) is 2. The third-order valence-electron chi connectivity index (χ3n) is 2.44. The fourth-order valence-corrected chi connectivity index (χ4v) is 2.31. The van der Waals surface area contributed by atoms with Crippen LogP contribution in [0.15, 0.2) is 12.3 Å². The van der Waals surface area contributed by atoms with E-state index in [-0.39, 0.29) is 0 Å². The van der Waals surface area contributed by atoms with Crippen molar-refractivity contribution in [3.63, 3.8) is 0 Å². The summed E-state index contributed by atoms with van der Waals surface area (Å²) in [5.74, 6) is 0.756. The number of nitrogens with zero attached hydrogens (tertiary/aromatic N) is 2. The number of rotatable bonds is 7. The Balaban J connectivity index is 2.19. The number of nitrogens with one attached hydrogen (secondary N) is 1. The van der Waals surface area contributed by atoms with Gasteiger partial charge in [-0.3, -0.25) is 4.68 Å². The van der Waals surface area contributed by atoms with Gasteiger partial charge in [0.15, 0.2) is 0 Å². The Bertz CT molecular complexity index is 312. The Morgan fingerprint density at radius 1 is 1.62 bits per heavy atom. The van der Waals surface area contributed by atoms with Crippen LogP contribution >= 0.6 is 11.8 Å². The highest BCUT2D eigenvalue weighted by Gasteiger charge is 2.18. The number of thioether (sulfide) groups is 1. The molecule has 16 heavy (non-hydrogen) atoms. The van der Waals surface area contributed by atoms with Crippen molar-refractivity contribution in [1.82, 2.24) is 15.1 Å². The average molecular weight is 243 g/mol. The van der Waals surface area contributed by atoms with Gasteiger partial charge in [0.2, 0.25) is 0 Å². The van der Waals surface area contributed by atoms with E-state index in [1.165, 1.54) is 5.69 Å². The molecule has 0 fully saturated rings. The third-order valence-corrected chi connectivity index (χ3v) is 3.35. The van der Waals surface area contributed by atoms with Crippen molar-refractivity contribution in [2.75, 3.05) is 25.1 Å². The van der Waals surface area contributed by atoms with E-state index in [0.29, 0.717) is 6.54 Å². The predicted molar refractivity (Wildman–Crippen MR) is 68.8 cm³/mol. The molecule has 5 heteroatoms. The first-order valence-electron chi connectivity index (χ1n) is 5.44. The number of aryl methyl sites for hydroxylation is 1. The lowest BCUT2D eigenvalue weighted by molar-refractivity contribution is 0.0852. The van der Waals surface area contributed by atoms with Crippen LogP contribution in [0.25, 0.3) is 0 Å². The monoisotopic (exact) mass is 243 g/mol. The van der Waals surface area contributed by atoms with Crippen molar-refractivity contribution in [2.24, 2.45) is 7.05 Å². The molecule has 1 aromatic heterocycles. The Kier molecular flexibility index (Phi) is 5.31. The Hall–Kier alpha value is -0.520. The molecular formula is C11H21N3OS. The minimum Gasteiger partial charge on any atom is -0.388 e. The van der Waals surface area contributed by atoms with Gasteiger partial charge in [0, 0.05) is 44.2 Å². The minimum absolute atomic E-state index is 0.619. The second kappa shape index (κ2) is 6.27. The third kappa shape index (κ3) is 4.55. The van der Waals surface area contributed by atoms with Crippen molar-refractivity contribution in [3.05, 3.63) is 18.0 Å². The molecule has 0 bridgehead atoms. The molecule has 1 unspecified atom stereocenters. The predicted octanol–water partition coefficient (Wildman–Crippen LogP) is 0.666. The highest BCUT2D eigenvalue weighted by atomic mass is 32.2. The molecule has 1 heterocycles. The van der Waals surface area contributed by atoms with E-state index in [9.17, 15) is 5.11 Å². The molecule has 4 nitrogen and oxygen atoms in total. The maximum Gasteiger partial charge on any atom is 0.0833 e. The lowest BCUT2D eigenvalue weighted by Gasteiger charge is -2.22. The molecular weight excluding hydrogens is 222 g/mol. The standard InChI is InChI=1S/C11H21N3OS/c1-11(15,9-16-3)8-12-6-4-10-5-7-13-14(10)2/h5,7,12,15H,4,6,8-9H2,1-3H3. The van der Waals surface area contributed by atoms with Gasteiger partial charge in [-0.25, -0.2) is 0 Å². The molecule has 0 saturated heterocycles. The quantitative estimate of drug-likeness (QED) is 0.691. The Morgan fingerprint density at radius 2 is 2.38 bits per heavy atom. The largest absolute Gasteiger partial charge is 0.388 e. The van der Waals surface area contributed by atoms with Gasteiger partial charge < -0.3 is 10.4 Å². The van der Waals surface area contributed by atoms with E-state index in [2.05, 4.69) is 10.4 Å². The van der Waals surface area contributed by atoms with E-state index < -0.39 is 5.60 Å². The Labute approximate surface area is 101 Å². The lowest BCUT2D eigenvalue weighted by Crippen LogP contribution is -2.40. The normalized spacial score (nSPS) is 15.0. The summed E-state index contributed by atoms with van der Waals surface area (Å²) in [6, 6.07) is 2.02. The number of aliphatic hydroxyl groups is 1. The summed E-state index contributed by atoms with van der Waals surface area (Å²) >= 11 is 1.66. The van der Waals surface area contributed by atoms with Gasteiger partial charge in [-0.2, -0.15) is 16.9 Å². The van der Waals surface area contributed by atoms with E-state index in [4.69, 9.17) is 0 Å². The maximum atomic E-state index is 9.93. The van der Waals surface area contributed by atoms with Gasteiger partial charge in [-0.05, 0) is 19.2 Å². The molecule has 0 saturated carbocycles. The zero-order chi connectivity index (χ0) is 12.0. The smallest absolute Gasteiger partial charge is 0.0833 e. The first-order chi connectivity index (χ1) is 7.55. The van der Waals surface area contributed by atoms with Crippen LogP contribution in [0.5, 0.6) is 0 Å². The first-order valence-corrected chi connectivity index (χ1v) is 6.83. The van der Waals surface area contributed by atoms with Crippen LogP contribution in [0.2, 0.25) is 0 Å². The van der Waals surface area contributed by atoms with Crippen LogP contribution in [-0.4, -0.2) is 45.6 Å². The van der Waals surface area contributed by atoms with Crippen LogP contribution < -0.4 is 5.32 Å². The zero-order valence-electron chi connectivity index (χ0n) is 10.2. The van der Waals surface area contributed by atoms with Gasteiger partial charge in [-0.15, -0.1) is 0 Å². The summed E-state index contributed by atoms with van der Waals surface area (Å²) in [5.41, 5.74) is 0.586. The molecule has 0 aliphatic heterocycles. The second-order valence-electron chi connectivity index (χ2n) is 4.30. The maximum absolute atomic E-state index is 9.93. The molecule has 1 aromatic rings. The van der Waals surface area contributed by atoms with Crippen molar-refractivity contribution in [1.29, 1.82) is 0 Å². The van der Waals surface area contributed by atoms with Gasteiger partial charge in [0.1, 0.15) is 0 Å². The molecule has 0 aliphatic rings. The molecule has 1 atom stereocenters. The van der Waals surface area contributed by atoms with Gasteiger partial charge in [0.25, 0.3) is 0 Å². The zero-order valence-corrected chi connectivity index (χ0v) is 11.0. The Morgan fingerprint density at radius 3 is 2.94 bits per heavy atom. The lowest BCUT2D eigenvalue weighted by atomic mass is 10.1. The van der Waals surface area contributed by atoms with Crippen molar-refractivity contribution in [3.8, 4) is 0 Å². The van der Waals surface area contributed by atoms with Crippen LogP contribution in [0.3, 0.4) is 0 Å². The van der Waals surface area contributed by atoms with E-state index in [1.807, 2.05) is 31.0 Å². The average Bonchev–Trinajstić information content (AvgIpc) is 2.59. The van der Waals surface area contributed by atoms with Crippen LogP contribution in [0.4, 0.5) is 0 Å². The van der Waals surface area contributed by atoms with E-state index in [0.717, 1.165) is 18.7 Å². The summed E-state index contributed by atoms with van der Waals surface area (Å²) in [5, 5.41) is 17.3. The number of aromatic nitrogens is 2. The molecule has 2 N–H and O–H groups in total. The summed E-state index contributed by atoms with van der Waals surface area (Å²) in [4.78, 5) is 0. The van der Waals surface area contributed by atoms with Crippen LogP contribution in [-0.2, 0) is 13.5 Å². The summed E-state index contributed by atoms with van der Waals surface area (Å²) in [6.45, 7) is 3.36. The molecule has 0 aliphatic carbocycles. The first kappa shape index (κ1) is 13.5. The van der Waals surface area contributed by atoms with Gasteiger partial charge in [-0.1, -0.05) is 0 Å². The summed E-state index contributed by atoms with van der Waals surface area (Å²) < 4.78 is 1.88. The molecule has 1 rings (SSSR count). The summed E-state index contributed by atoms with van der Waals surface area (Å²) in [7, 11) is 1.94. The minimum atomic E-state index is -0.619. The van der Waals surface area contributed by atoms with Crippen molar-refractivity contribution >= 4 is 11.8 Å². The highest BCUT2D eigenvalue weighted by Crippen LogP contribution is 2.08. The molecule has 0 amide bonds. The molecule has 0 aromatic carbocycles. The second-order valence-corrected chi connectivity index (χ2v) is 5.17. The van der Waals surface area contributed by atoms with Crippen LogP contribution in [0.1, 0.15) is 12.6 Å². The van der Waals surface area contributed by atoms with Gasteiger partial charge >= 0.3 is 0 Å². The molecule has 0 spiro atoms. The number of hydrogen-bond acceptors (Lipinski definition) is 4. The SMILES string of the molecule is CSCC(C)(O)CNCCc1ccnn1C. The summed E-state index contributed by atoms with van der Waals surface area (Å²) in [6.07, 6.45) is 4.75. The van der Waals surface area contributed by atoms with Crippen LogP contribution in [0, 0.1) is 0 Å². The fourth-order valence-electron chi connectivity index (χ4n) is 1.58. The fraction of sp³-hybridized carbons (Fsp3) is 0.727. The topological polar surface area (TPSA) is 50.1 Å². The van der Waals surface area contributed by atoms with E-state index in [1.54, 1.807) is 18.0 Å². The van der Waals surface area contributed by atoms with E-state index >= 15 is 0 Å². The van der Waals surface area contributed by atoms with Gasteiger partial charge in [0.05, 0.1) is 5.60 Å². The highest BCUT2D eigenvalue weighted by molar-refractivity contribution is 7.98.